The van der Waals surface area contributed by atoms with Gasteiger partial charge in [-0.25, -0.2) is 4.98 Å². The van der Waals surface area contributed by atoms with Crippen LogP contribution in [-0.4, -0.2) is 23.3 Å². The quantitative estimate of drug-likeness (QED) is 0.118. The van der Waals surface area contributed by atoms with E-state index in [1.54, 1.807) is 0 Å². The molecule has 0 saturated heterocycles. The fourth-order valence-corrected chi connectivity index (χ4v) is 10.8. The van der Waals surface area contributed by atoms with Gasteiger partial charge in [0.2, 0.25) is 0 Å². The third kappa shape index (κ3) is 6.34. The van der Waals surface area contributed by atoms with E-state index < -0.39 is 0 Å². The van der Waals surface area contributed by atoms with Gasteiger partial charge in [0, 0.05) is 82.1 Å². The molecule has 5 heterocycles. The van der Waals surface area contributed by atoms with Gasteiger partial charge in [-0.1, -0.05) is 142 Å². The molecule has 7 heteroatoms. The van der Waals surface area contributed by atoms with Crippen LogP contribution in [0.25, 0.3) is 105 Å². The number of imidazole rings is 1. The molecule has 13 aromatic rings. The Morgan fingerprint density at radius 2 is 1.09 bits per heavy atom. The van der Waals surface area contributed by atoms with Crippen LogP contribution in [0.3, 0.4) is 0 Å². The molecule has 13 rings (SSSR count). The predicted molar refractivity (Wildman–Crippen MR) is 282 cm³/mol. The van der Waals surface area contributed by atoms with Crippen molar-refractivity contribution in [3.8, 4) is 50.9 Å². The largest absolute Gasteiger partial charge is 0.458 e. The molecule has 332 valence electrons. The molecule has 0 N–H and O–H groups in total. The number of hydrogen-bond acceptors (Lipinski definition) is 2. The Labute approximate surface area is 399 Å². The lowest BCUT2D eigenvalue weighted by Gasteiger charge is -2.20. The normalized spacial score (nSPS) is 12.1. The lowest BCUT2D eigenvalue weighted by molar-refractivity contribution is -0.599. The monoisotopic (exact) mass is 892 g/mol. The second-order valence-corrected chi connectivity index (χ2v) is 19.2. The minimum Gasteiger partial charge on any atom is -0.458 e. The summed E-state index contributed by atoms with van der Waals surface area (Å²) in [6.45, 7) is 6.78. The Kier molecular flexibility index (Phi) is 9.08. The highest BCUT2D eigenvalue weighted by atomic mass is 16.5. The number of nitrogens with zero attached hydrogens (tertiary/aromatic N) is 6. The smallest absolute Gasteiger partial charge is 0.268 e. The van der Waals surface area contributed by atoms with Gasteiger partial charge in [-0.15, -0.1) is 0 Å². The maximum Gasteiger partial charge on any atom is 0.268 e. The molecule has 8 aromatic carbocycles. The van der Waals surface area contributed by atoms with E-state index in [-0.39, 0.29) is 5.41 Å². The van der Waals surface area contributed by atoms with Crippen LogP contribution in [0.1, 0.15) is 26.3 Å². The van der Waals surface area contributed by atoms with Gasteiger partial charge < -0.3 is 13.9 Å². The van der Waals surface area contributed by atoms with Crippen LogP contribution < -0.4 is 9.30 Å². The minimum atomic E-state index is -0.0838. The molecule has 0 aliphatic heterocycles. The number of hydrogen-bond donors (Lipinski definition) is 0. The predicted octanol–water partition coefficient (Wildman–Crippen LogP) is 14.8. The molecular formula is C62H48N6O. The van der Waals surface area contributed by atoms with E-state index in [1.165, 1.54) is 54.6 Å². The van der Waals surface area contributed by atoms with Crippen LogP contribution in [0.5, 0.6) is 11.5 Å². The minimum absolute atomic E-state index is 0.0838. The van der Waals surface area contributed by atoms with Crippen molar-refractivity contribution in [3.05, 3.63) is 212 Å². The number of aromatic nitrogens is 6. The maximum atomic E-state index is 6.90. The van der Waals surface area contributed by atoms with Gasteiger partial charge in [-0.05, 0) is 87.8 Å². The molecule has 0 radical (unpaired) electrons. The zero-order valence-corrected chi connectivity index (χ0v) is 39.1. The van der Waals surface area contributed by atoms with Crippen LogP contribution >= 0.6 is 0 Å². The Balaban J connectivity index is 0.990. The number of pyridine rings is 1. The Morgan fingerprint density at radius 3 is 1.72 bits per heavy atom. The van der Waals surface area contributed by atoms with Gasteiger partial charge in [-0.2, -0.15) is 0 Å². The fraction of sp³-hybridized carbons (Fsp3) is 0.0968. The van der Waals surface area contributed by atoms with Crippen molar-refractivity contribution in [3.63, 3.8) is 0 Å². The number of ether oxygens (including phenoxy) is 1. The van der Waals surface area contributed by atoms with Gasteiger partial charge in [0.15, 0.2) is 0 Å². The first-order valence-corrected chi connectivity index (χ1v) is 23.6. The Bertz CT molecular complexity index is 4100. The van der Waals surface area contributed by atoms with E-state index >= 15 is 0 Å². The summed E-state index contributed by atoms with van der Waals surface area (Å²) < 4.78 is 18.2. The SMILES string of the molecule is Cn1c2ccccc2c2c1c1c3ccc(Oc4cccc(-[n+]5[c-]n(-c6c(-c7ccccc7)cccc6-c6ccccc6)cc5)c4)cc3n(-c3cc(C(C)(C)C)ccn3)c1c1c3ccccc3n(C)c21. The van der Waals surface area contributed by atoms with E-state index in [4.69, 9.17) is 9.72 Å². The van der Waals surface area contributed by atoms with Crippen molar-refractivity contribution in [1.29, 1.82) is 0 Å². The lowest BCUT2D eigenvalue weighted by Crippen LogP contribution is -2.28. The molecule has 7 nitrogen and oxygen atoms in total. The molecule has 0 aliphatic rings. The van der Waals surface area contributed by atoms with Crippen LogP contribution in [0, 0.1) is 6.33 Å². The molecule has 0 saturated carbocycles. The van der Waals surface area contributed by atoms with E-state index in [1.807, 2.05) is 22.9 Å². The standard InChI is InChI=1S/C62H48N6O/c1-62(2,3)42-32-33-63-54(36-42)68-53-38-45(30-31-50(53)57-60-55(48-24-12-14-28-51(48)64(60)4)59-56(61(57)68)49-25-13-15-29-52(49)65(59)5)69-44-23-16-22-43(37-44)66-34-35-67(39-66)58-46(40-18-8-6-9-19-40)26-17-27-47(58)41-20-10-7-11-21-41/h6-38H,1-5H3. The van der Waals surface area contributed by atoms with Crippen molar-refractivity contribution in [2.45, 2.75) is 26.2 Å². The van der Waals surface area contributed by atoms with Gasteiger partial charge >= 0.3 is 0 Å². The van der Waals surface area contributed by atoms with Crippen LogP contribution in [0.4, 0.5) is 0 Å². The van der Waals surface area contributed by atoms with Gasteiger partial charge in [-0.3, -0.25) is 13.7 Å². The summed E-state index contributed by atoms with van der Waals surface area (Å²) in [5, 5.41) is 7.25. The van der Waals surface area contributed by atoms with E-state index in [0.717, 1.165) is 67.4 Å². The number of fused-ring (bicyclic) bond motifs is 12. The summed E-state index contributed by atoms with van der Waals surface area (Å²) in [6, 6.07) is 64.4. The summed E-state index contributed by atoms with van der Waals surface area (Å²) in [6.07, 6.45) is 9.75. The van der Waals surface area contributed by atoms with Crippen molar-refractivity contribution in [2.75, 3.05) is 0 Å². The zero-order valence-electron chi connectivity index (χ0n) is 39.1. The first kappa shape index (κ1) is 40.6. The van der Waals surface area contributed by atoms with Crippen molar-refractivity contribution in [2.24, 2.45) is 14.1 Å². The highest BCUT2D eigenvalue weighted by molar-refractivity contribution is 6.39. The first-order valence-electron chi connectivity index (χ1n) is 23.6. The molecule has 0 unspecified atom stereocenters. The average Bonchev–Trinajstić information content (AvgIpc) is 4.15. The first-order chi connectivity index (χ1) is 33.7. The summed E-state index contributed by atoms with van der Waals surface area (Å²) in [5.41, 5.74) is 14.6. The summed E-state index contributed by atoms with van der Waals surface area (Å²) >= 11 is 0. The molecule has 0 atom stereocenters. The number of para-hydroxylation sites is 3. The Morgan fingerprint density at radius 1 is 0.522 bits per heavy atom. The molecule has 0 spiro atoms. The molecule has 0 bridgehead atoms. The number of benzene rings is 8. The molecule has 5 aromatic heterocycles. The molecule has 0 fully saturated rings. The van der Waals surface area contributed by atoms with Crippen molar-refractivity contribution in [1.82, 2.24) is 23.3 Å². The number of aryl methyl sites for hydroxylation is 2. The van der Waals surface area contributed by atoms with Crippen LogP contribution in [0.15, 0.2) is 201 Å². The second-order valence-electron chi connectivity index (χ2n) is 19.2. The summed E-state index contributed by atoms with van der Waals surface area (Å²) in [5.74, 6) is 2.32. The van der Waals surface area contributed by atoms with Crippen molar-refractivity contribution >= 4 is 65.4 Å². The third-order valence-electron chi connectivity index (χ3n) is 14.1. The van der Waals surface area contributed by atoms with E-state index in [0.29, 0.717) is 0 Å². The van der Waals surface area contributed by atoms with Crippen LogP contribution in [0.2, 0.25) is 0 Å². The van der Waals surface area contributed by atoms with Gasteiger partial charge in [0.1, 0.15) is 17.3 Å². The highest BCUT2D eigenvalue weighted by Crippen LogP contribution is 2.49. The second kappa shape index (κ2) is 15.4. The van der Waals surface area contributed by atoms with Gasteiger partial charge in [0.25, 0.3) is 6.33 Å². The number of rotatable bonds is 7. The van der Waals surface area contributed by atoms with Crippen LogP contribution in [-0.2, 0) is 19.5 Å². The topological polar surface area (TPSA) is 45.7 Å². The summed E-state index contributed by atoms with van der Waals surface area (Å²) in [7, 11) is 4.42. The zero-order chi connectivity index (χ0) is 46.5. The maximum absolute atomic E-state index is 6.90. The van der Waals surface area contributed by atoms with E-state index in [2.05, 4.69) is 242 Å². The lowest BCUT2D eigenvalue weighted by atomic mass is 9.88. The van der Waals surface area contributed by atoms with Gasteiger partial charge in [0.05, 0.1) is 33.4 Å². The molecule has 69 heavy (non-hydrogen) atoms. The molecule has 0 aliphatic carbocycles. The fourth-order valence-electron chi connectivity index (χ4n) is 10.8. The molecule has 0 amide bonds. The summed E-state index contributed by atoms with van der Waals surface area (Å²) in [4.78, 5) is 5.16. The van der Waals surface area contributed by atoms with E-state index in [9.17, 15) is 0 Å². The highest BCUT2D eigenvalue weighted by Gasteiger charge is 2.28. The van der Waals surface area contributed by atoms with Crippen molar-refractivity contribution < 1.29 is 9.30 Å². The molecular weight excluding hydrogens is 845 g/mol. The Hall–Kier alpha value is -8.68. The third-order valence-corrected chi connectivity index (χ3v) is 14.1. The average molecular weight is 893 g/mol.